The molecule has 1 rings (SSSR count). The van der Waals surface area contributed by atoms with Gasteiger partial charge in [-0.3, -0.25) is 4.79 Å². The smallest absolute Gasteiger partial charge is 0.255 e. The SMILES string of the molecule is CCC(C)CNc1ccc(OCC(N)=O)cc1. The monoisotopic (exact) mass is 236 g/mol. The Morgan fingerprint density at radius 2 is 2.06 bits per heavy atom. The molecule has 4 nitrogen and oxygen atoms in total. The van der Waals surface area contributed by atoms with Crippen LogP contribution in [0.1, 0.15) is 20.3 Å². The number of ether oxygens (including phenoxy) is 1. The summed E-state index contributed by atoms with van der Waals surface area (Å²) < 4.78 is 5.17. The molecular weight excluding hydrogens is 216 g/mol. The number of hydrogen-bond donors (Lipinski definition) is 2. The van der Waals surface area contributed by atoms with Gasteiger partial charge in [-0.25, -0.2) is 0 Å². The van der Waals surface area contributed by atoms with E-state index in [4.69, 9.17) is 10.5 Å². The first-order chi connectivity index (χ1) is 8.11. The van der Waals surface area contributed by atoms with Gasteiger partial charge in [-0.1, -0.05) is 20.3 Å². The molecule has 0 aromatic heterocycles. The third-order valence-electron chi connectivity index (χ3n) is 2.59. The molecule has 94 valence electrons. The number of hydrogen-bond acceptors (Lipinski definition) is 3. The molecule has 0 aliphatic rings. The molecule has 0 saturated carbocycles. The second-order valence-electron chi connectivity index (χ2n) is 4.17. The predicted octanol–water partition coefficient (Wildman–Crippen LogP) is 2.01. The molecule has 0 bridgehead atoms. The number of carbonyl (C=O) groups is 1. The van der Waals surface area contributed by atoms with Gasteiger partial charge in [0.1, 0.15) is 5.75 Å². The maximum atomic E-state index is 10.5. The molecular formula is C13H20N2O2. The molecule has 0 aliphatic heterocycles. The Hall–Kier alpha value is -1.71. The van der Waals surface area contributed by atoms with Gasteiger partial charge < -0.3 is 15.8 Å². The van der Waals surface area contributed by atoms with Crippen LogP contribution in [0.5, 0.6) is 5.75 Å². The molecule has 0 aliphatic carbocycles. The molecule has 1 amide bonds. The van der Waals surface area contributed by atoms with Crippen molar-refractivity contribution in [3.05, 3.63) is 24.3 Å². The predicted molar refractivity (Wildman–Crippen MR) is 69.1 cm³/mol. The van der Waals surface area contributed by atoms with Crippen molar-refractivity contribution in [2.45, 2.75) is 20.3 Å². The third-order valence-corrected chi connectivity index (χ3v) is 2.59. The van der Waals surface area contributed by atoms with E-state index < -0.39 is 5.91 Å². The molecule has 3 N–H and O–H groups in total. The fraction of sp³-hybridized carbons (Fsp3) is 0.462. The maximum absolute atomic E-state index is 10.5. The van der Waals surface area contributed by atoms with Crippen LogP contribution in [0, 0.1) is 5.92 Å². The molecule has 0 fully saturated rings. The molecule has 0 spiro atoms. The van der Waals surface area contributed by atoms with E-state index in [1.54, 1.807) is 0 Å². The van der Waals surface area contributed by atoms with Crippen LogP contribution in [0.2, 0.25) is 0 Å². The molecule has 1 unspecified atom stereocenters. The molecule has 1 aromatic carbocycles. The second-order valence-corrected chi connectivity index (χ2v) is 4.17. The van der Waals surface area contributed by atoms with E-state index in [1.807, 2.05) is 24.3 Å². The molecule has 0 heterocycles. The van der Waals surface area contributed by atoms with Crippen molar-refractivity contribution in [2.75, 3.05) is 18.5 Å². The molecule has 17 heavy (non-hydrogen) atoms. The second kappa shape index (κ2) is 6.78. The van der Waals surface area contributed by atoms with Gasteiger partial charge in [0, 0.05) is 12.2 Å². The van der Waals surface area contributed by atoms with E-state index in [2.05, 4.69) is 19.2 Å². The summed E-state index contributed by atoms with van der Waals surface area (Å²) in [5.74, 6) is 0.836. The first-order valence-electron chi connectivity index (χ1n) is 5.87. The summed E-state index contributed by atoms with van der Waals surface area (Å²) in [6, 6.07) is 7.50. The number of rotatable bonds is 7. The summed E-state index contributed by atoms with van der Waals surface area (Å²) in [5, 5.41) is 3.34. The van der Waals surface area contributed by atoms with E-state index in [0.29, 0.717) is 11.7 Å². The molecule has 1 atom stereocenters. The van der Waals surface area contributed by atoms with E-state index in [-0.39, 0.29) is 6.61 Å². The highest BCUT2D eigenvalue weighted by Gasteiger charge is 2.00. The summed E-state index contributed by atoms with van der Waals surface area (Å²) in [6.07, 6.45) is 1.16. The summed E-state index contributed by atoms with van der Waals surface area (Å²) in [6.45, 7) is 5.25. The Labute approximate surface area is 102 Å². The van der Waals surface area contributed by atoms with E-state index >= 15 is 0 Å². The van der Waals surface area contributed by atoms with E-state index in [9.17, 15) is 4.79 Å². The van der Waals surface area contributed by atoms with Gasteiger partial charge in [-0.2, -0.15) is 0 Å². The van der Waals surface area contributed by atoms with E-state index in [1.165, 1.54) is 0 Å². The van der Waals surface area contributed by atoms with Crippen LogP contribution < -0.4 is 15.8 Å². The summed E-state index contributed by atoms with van der Waals surface area (Å²) in [4.78, 5) is 10.5. The van der Waals surface area contributed by atoms with Crippen molar-refractivity contribution >= 4 is 11.6 Å². The number of primary amides is 1. The zero-order valence-corrected chi connectivity index (χ0v) is 10.4. The lowest BCUT2D eigenvalue weighted by Crippen LogP contribution is -2.20. The van der Waals surface area contributed by atoms with Crippen LogP contribution in [-0.2, 0) is 4.79 Å². The summed E-state index contributed by atoms with van der Waals surface area (Å²) in [5.41, 5.74) is 6.04. The van der Waals surface area contributed by atoms with Crippen molar-refractivity contribution in [1.29, 1.82) is 0 Å². The Balaban J connectivity index is 2.41. The van der Waals surface area contributed by atoms with Gasteiger partial charge in [0.05, 0.1) is 0 Å². The number of carbonyl (C=O) groups excluding carboxylic acids is 1. The zero-order valence-electron chi connectivity index (χ0n) is 10.4. The van der Waals surface area contributed by atoms with Gasteiger partial charge in [0.15, 0.2) is 6.61 Å². The average Bonchev–Trinajstić information content (AvgIpc) is 2.34. The fourth-order valence-corrected chi connectivity index (χ4v) is 1.26. The van der Waals surface area contributed by atoms with Crippen LogP contribution in [0.3, 0.4) is 0 Å². The van der Waals surface area contributed by atoms with Gasteiger partial charge in [0.2, 0.25) is 0 Å². The zero-order chi connectivity index (χ0) is 12.7. The lowest BCUT2D eigenvalue weighted by atomic mass is 10.1. The van der Waals surface area contributed by atoms with Crippen LogP contribution in [0.4, 0.5) is 5.69 Å². The van der Waals surface area contributed by atoms with Gasteiger partial charge in [-0.15, -0.1) is 0 Å². The van der Waals surface area contributed by atoms with Crippen molar-refractivity contribution in [3.63, 3.8) is 0 Å². The fourth-order valence-electron chi connectivity index (χ4n) is 1.26. The maximum Gasteiger partial charge on any atom is 0.255 e. The largest absolute Gasteiger partial charge is 0.484 e. The Morgan fingerprint density at radius 1 is 1.41 bits per heavy atom. The first kappa shape index (κ1) is 13.4. The minimum absolute atomic E-state index is 0.0837. The van der Waals surface area contributed by atoms with Gasteiger partial charge >= 0.3 is 0 Å². The molecule has 0 radical (unpaired) electrons. The van der Waals surface area contributed by atoms with Crippen LogP contribution >= 0.6 is 0 Å². The Morgan fingerprint density at radius 3 is 2.59 bits per heavy atom. The molecule has 1 aromatic rings. The minimum Gasteiger partial charge on any atom is -0.484 e. The van der Waals surface area contributed by atoms with Crippen LogP contribution in [0.25, 0.3) is 0 Å². The highest BCUT2D eigenvalue weighted by molar-refractivity contribution is 5.75. The molecule has 0 saturated heterocycles. The summed E-state index contributed by atoms with van der Waals surface area (Å²) >= 11 is 0. The number of nitrogens with one attached hydrogen (secondary N) is 1. The number of nitrogens with two attached hydrogens (primary N) is 1. The van der Waals surface area contributed by atoms with Crippen LogP contribution in [0.15, 0.2) is 24.3 Å². The van der Waals surface area contributed by atoms with Crippen molar-refractivity contribution in [1.82, 2.24) is 0 Å². The topological polar surface area (TPSA) is 64.3 Å². The molecule has 4 heteroatoms. The van der Waals surface area contributed by atoms with Crippen LogP contribution in [-0.4, -0.2) is 19.1 Å². The number of amides is 1. The minimum atomic E-state index is -0.469. The van der Waals surface area contributed by atoms with Gasteiger partial charge in [0.25, 0.3) is 5.91 Å². The Kier molecular flexibility index (Phi) is 5.33. The van der Waals surface area contributed by atoms with Crippen molar-refractivity contribution in [2.24, 2.45) is 11.7 Å². The Bertz CT molecular complexity index is 349. The lowest BCUT2D eigenvalue weighted by Gasteiger charge is -2.11. The number of anilines is 1. The normalized spacial score (nSPS) is 11.9. The van der Waals surface area contributed by atoms with Gasteiger partial charge in [-0.05, 0) is 30.2 Å². The van der Waals surface area contributed by atoms with Crippen molar-refractivity contribution in [3.8, 4) is 5.75 Å². The van der Waals surface area contributed by atoms with Crippen molar-refractivity contribution < 1.29 is 9.53 Å². The first-order valence-corrected chi connectivity index (χ1v) is 5.87. The summed E-state index contributed by atoms with van der Waals surface area (Å²) in [7, 11) is 0. The lowest BCUT2D eigenvalue weighted by molar-refractivity contribution is -0.119. The highest BCUT2D eigenvalue weighted by Crippen LogP contribution is 2.16. The average molecular weight is 236 g/mol. The third kappa shape index (κ3) is 5.24. The quantitative estimate of drug-likeness (QED) is 0.761. The highest BCUT2D eigenvalue weighted by atomic mass is 16.5. The standard InChI is InChI=1S/C13H20N2O2/c1-3-10(2)8-15-11-4-6-12(7-5-11)17-9-13(14)16/h4-7,10,15H,3,8-9H2,1-2H3,(H2,14,16). The van der Waals surface area contributed by atoms with E-state index in [0.717, 1.165) is 18.7 Å². The number of benzene rings is 1.